The van der Waals surface area contributed by atoms with E-state index in [4.69, 9.17) is 0 Å². The van der Waals surface area contributed by atoms with Crippen LogP contribution in [0.15, 0.2) is 140 Å². The molecule has 2 heterocycles. The first-order valence-electron chi connectivity index (χ1n) is 17.8. The Balaban J connectivity index is 1.07. The normalized spacial score (nSPS) is 13.9. The average molecular weight is 656 g/mol. The fraction of sp³-hybridized carbons (Fsp3) is 0.0833. The summed E-state index contributed by atoms with van der Waals surface area (Å²) in [6.45, 7) is 0. The number of fused-ring (bicyclic) bond motifs is 12. The molecule has 0 bridgehead atoms. The fourth-order valence-electron chi connectivity index (χ4n) is 8.80. The number of nitrogens with zero attached hydrogens (tertiary/aromatic N) is 1. The summed E-state index contributed by atoms with van der Waals surface area (Å²) in [5.41, 5.74) is 13.1. The van der Waals surface area contributed by atoms with Gasteiger partial charge in [-0.15, -0.1) is 11.3 Å². The van der Waals surface area contributed by atoms with Gasteiger partial charge in [-0.25, -0.2) is 0 Å². The van der Waals surface area contributed by atoms with Crippen LogP contribution < -0.4 is 0 Å². The van der Waals surface area contributed by atoms with E-state index in [0.717, 1.165) is 25.7 Å². The Morgan fingerprint density at radius 2 is 1.16 bits per heavy atom. The molecule has 0 saturated carbocycles. The van der Waals surface area contributed by atoms with Crippen molar-refractivity contribution in [1.82, 2.24) is 4.57 Å². The summed E-state index contributed by atoms with van der Waals surface area (Å²) < 4.78 is 3.86. The molecule has 2 aliphatic rings. The molecule has 236 valence electrons. The lowest BCUT2D eigenvalue weighted by molar-refractivity contribution is 1.00. The van der Waals surface area contributed by atoms with Gasteiger partial charge < -0.3 is 4.57 Å². The van der Waals surface area contributed by atoms with Crippen molar-refractivity contribution in [3.05, 3.63) is 161 Å². The Labute approximate surface area is 295 Å². The van der Waals surface area contributed by atoms with E-state index in [9.17, 15) is 0 Å². The lowest BCUT2D eigenvalue weighted by atomic mass is 9.85. The minimum atomic E-state index is 1.08. The third-order valence-electron chi connectivity index (χ3n) is 11.1. The molecule has 0 atom stereocenters. The molecule has 0 N–H and O–H groups in total. The molecule has 0 radical (unpaired) electrons. The zero-order valence-corrected chi connectivity index (χ0v) is 28.4. The Kier molecular flexibility index (Phi) is 6.14. The third-order valence-corrected chi connectivity index (χ3v) is 12.4. The van der Waals surface area contributed by atoms with E-state index < -0.39 is 0 Å². The molecule has 11 rings (SSSR count). The largest absolute Gasteiger partial charge is 0.309 e. The molecule has 2 heteroatoms. The minimum Gasteiger partial charge on any atom is -0.309 e. The van der Waals surface area contributed by atoms with Crippen LogP contribution in [-0.2, 0) is 12.8 Å². The Morgan fingerprint density at radius 3 is 2.10 bits per heavy atom. The summed E-state index contributed by atoms with van der Waals surface area (Å²) in [4.78, 5) is 1.52. The van der Waals surface area contributed by atoms with Crippen LogP contribution in [0.3, 0.4) is 0 Å². The second-order valence-corrected chi connectivity index (χ2v) is 14.9. The number of hydrogen-bond donors (Lipinski definition) is 0. The Hall–Kier alpha value is -5.70. The van der Waals surface area contributed by atoms with Gasteiger partial charge in [0.15, 0.2) is 0 Å². The highest BCUT2D eigenvalue weighted by Crippen LogP contribution is 2.43. The monoisotopic (exact) mass is 655 g/mol. The quantitative estimate of drug-likeness (QED) is 0.167. The van der Waals surface area contributed by atoms with Gasteiger partial charge in [-0.3, -0.25) is 0 Å². The van der Waals surface area contributed by atoms with Gasteiger partial charge in [0.1, 0.15) is 0 Å². The first-order chi connectivity index (χ1) is 24.8. The van der Waals surface area contributed by atoms with E-state index in [1.165, 1.54) is 103 Å². The van der Waals surface area contributed by atoms with Gasteiger partial charge in [-0.1, -0.05) is 115 Å². The number of rotatable bonds is 3. The number of aryl methyl sites for hydroxylation is 2. The van der Waals surface area contributed by atoms with Crippen molar-refractivity contribution in [3.63, 3.8) is 0 Å². The standard InChI is InChI=1S/C48H33NS/c1-2-15-37-35(13-1)36-14-3-4-16-38(36)43-28-31(23-25-39(37)43)30-11-9-12-33(27-30)49-45-21-7-5-17-40(45)44-29-32(24-26-46(44)49)34-19-10-20-42-41-18-6-8-22-47(41)50-48(34)42/h1-3,5-7,9-15,17-21,23-29H,4,8,16,22H2. The van der Waals surface area contributed by atoms with Gasteiger partial charge in [0.25, 0.3) is 0 Å². The van der Waals surface area contributed by atoms with E-state index in [0.29, 0.717) is 0 Å². The van der Waals surface area contributed by atoms with Crippen LogP contribution in [0.4, 0.5) is 0 Å². The number of benzene rings is 7. The number of hydrogen-bond acceptors (Lipinski definition) is 1. The van der Waals surface area contributed by atoms with Crippen LogP contribution in [0.2, 0.25) is 0 Å². The maximum atomic E-state index is 2.45. The summed E-state index contributed by atoms with van der Waals surface area (Å²) in [6, 6.07) is 47.9. The predicted molar refractivity (Wildman–Crippen MR) is 217 cm³/mol. The molecular weight excluding hydrogens is 623 g/mol. The molecule has 0 unspecified atom stereocenters. The topological polar surface area (TPSA) is 4.93 Å². The summed E-state index contributed by atoms with van der Waals surface area (Å²) in [5.74, 6) is 0. The highest BCUT2D eigenvalue weighted by atomic mass is 32.1. The van der Waals surface area contributed by atoms with Crippen LogP contribution in [0.5, 0.6) is 0 Å². The maximum absolute atomic E-state index is 2.45. The number of para-hydroxylation sites is 1. The second-order valence-electron chi connectivity index (χ2n) is 13.8. The number of aromatic nitrogens is 1. The summed E-state index contributed by atoms with van der Waals surface area (Å²) >= 11 is 1.98. The van der Waals surface area contributed by atoms with Crippen LogP contribution in [0, 0.1) is 0 Å². The summed E-state index contributed by atoms with van der Waals surface area (Å²) in [7, 11) is 0. The average Bonchev–Trinajstić information content (AvgIpc) is 3.73. The molecule has 0 spiro atoms. The van der Waals surface area contributed by atoms with Gasteiger partial charge in [-0.2, -0.15) is 0 Å². The van der Waals surface area contributed by atoms with Crippen LogP contribution in [0.25, 0.3) is 93.5 Å². The maximum Gasteiger partial charge on any atom is 0.0541 e. The van der Waals surface area contributed by atoms with Crippen molar-refractivity contribution >= 4 is 76.9 Å². The molecule has 7 aromatic carbocycles. The Bertz CT molecular complexity index is 2930. The molecule has 0 saturated heterocycles. The third kappa shape index (κ3) is 4.12. The molecule has 50 heavy (non-hydrogen) atoms. The van der Waals surface area contributed by atoms with E-state index in [-0.39, 0.29) is 0 Å². The van der Waals surface area contributed by atoms with Crippen molar-refractivity contribution in [2.75, 3.05) is 0 Å². The zero-order valence-electron chi connectivity index (χ0n) is 27.6. The van der Waals surface area contributed by atoms with Crippen molar-refractivity contribution < 1.29 is 0 Å². The van der Waals surface area contributed by atoms with E-state index in [1.807, 2.05) is 11.3 Å². The first kappa shape index (κ1) is 28.2. The van der Waals surface area contributed by atoms with Gasteiger partial charge in [-0.05, 0) is 123 Å². The van der Waals surface area contributed by atoms with Gasteiger partial charge in [0, 0.05) is 31.4 Å². The van der Waals surface area contributed by atoms with Gasteiger partial charge in [0.05, 0.1) is 11.0 Å². The molecular formula is C48H33NS. The van der Waals surface area contributed by atoms with E-state index in [1.54, 1.807) is 0 Å². The molecule has 0 amide bonds. The number of thiophene rings is 1. The molecule has 0 aliphatic heterocycles. The first-order valence-corrected chi connectivity index (χ1v) is 18.6. The molecule has 0 fully saturated rings. The molecule has 2 aromatic heterocycles. The van der Waals surface area contributed by atoms with Crippen molar-refractivity contribution in [2.45, 2.75) is 25.7 Å². The highest BCUT2D eigenvalue weighted by molar-refractivity contribution is 7.20. The van der Waals surface area contributed by atoms with Gasteiger partial charge >= 0.3 is 0 Å². The predicted octanol–water partition coefficient (Wildman–Crippen LogP) is 13.6. The smallest absolute Gasteiger partial charge is 0.0541 e. The van der Waals surface area contributed by atoms with Crippen LogP contribution >= 0.6 is 11.3 Å². The zero-order chi connectivity index (χ0) is 32.8. The van der Waals surface area contributed by atoms with E-state index in [2.05, 4.69) is 156 Å². The van der Waals surface area contributed by atoms with Crippen molar-refractivity contribution in [3.8, 4) is 27.9 Å². The molecule has 9 aromatic rings. The van der Waals surface area contributed by atoms with Crippen LogP contribution in [-0.4, -0.2) is 4.57 Å². The van der Waals surface area contributed by atoms with Crippen molar-refractivity contribution in [2.24, 2.45) is 0 Å². The SMILES string of the molecule is C1=Cc2c(sc3c(-c4ccc5c(c4)c4ccccc4n5-c4cccc(-c5ccc6c(c5)c5c(c7ccccc76)C=CCC5)c4)cccc23)CC1. The van der Waals surface area contributed by atoms with E-state index >= 15 is 0 Å². The lowest BCUT2D eigenvalue weighted by Crippen LogP contribution is -1.98. The second kappa shape index (κ2) is 10.9. The number of allylic oxidation sites excluding steroid dienone is 2. The fourth-order valence-corrected chi connectivity index (χ4v) is 10.1. The van der Waals surface area contributed by atoms with Crippen LogP contribution in [0.1, 0.15) is 34.4 Å². The summed E-state index contributed by atoms with van der Waals surface area (Å²) in [5, 5.41) is 9.39. The minimum absolute atomic E-state index is 1.08. The summed E-state index contributed by atoms with van der Waals surface area (Å²) in [6.07, 6.45) is 13.8. The molecule has 2 aliphatic carbocycles. The Morgan fingerprint density at radius 1 is 0.460 bits per heavy atom. The highest BCUT2D eigenvalue weighted by Gasteiger charge is 2.19. The van der Waals surface area contributed by atoms with Crippen molar-refractivity contribution in [1.29, 1.82) is 0 Å². The van der Waals surface area contributed by atoms with Gasteiger partial charge in [0.2, 0.25) is 0 Å². The molecule has 1 nitrogen and oxygen atoms in total. The lowest BCUT2D eigenvalue weighted by Gasteiger charge is -2.19.